The summed E-state index contributed by atoms with van der Waals surface area (Å²) < 4.78 is 21.7. The number of hydrogen-bond acceptors (Lipinski definition) is 0. The molecule has 0 N–H and O–H groups in total. The van der Waals surface area contributed by atoms with E-state index in [9.17, 15) is 8.22 Å². The maximum atomic E-state index is 10.9. The van der Waals surface area contributed by atoms with Crippen molar-refractivity contribution in [3.63, 3.8) is 0 Å². The zero-order chi connectivity index (χ0) is 4.28. The third kappa shape index (κ3) is 4.08. The Balaban J connectivity index is 2.54. The predicted molar refractivity (Wildman–Crippen MR) is 18.5 cm³/mol. The SMILES string of the molecule is CC[Si](F)F. The van der Waals surface area contributed by atoms with Crippen LogP contribution in [0.5, 0.6) is 0 Å². The second-order valence-corrected chi connectivity index (χ2v) is 2.08. The monoisotopic (exact) mass is 95.0 g/mol. The van der Waals surface area contributed by atoms with E-state index in [1.54, 1.807) is 0 Å². The lowest BCUT2D eigenvalue weighted by molar-refractivity contribution is 0.658. The van der Waals surface area contributed by atoms with Crippen molar-refractivity contribution in [2.24, 2.45) is 0 Å². The van der Waals surface area contributed by atoms with Crippen LogP contribution in [0.3, 0.4) is 0 Å². The molecule has 0 aliphatic rings. The molecule has 0 amide bonds. The molecule has 3 heteroatoms. The minimum Gasteiger partial charge on any atom is -0.268 e. The molecule has 0 rings (SSSR count). The zero-order valence-corrected chi connectivity index (χ0v) is 3.96. The van der Waals surface area contributed by atoms with Gasteiger partial charge in [0, 0.05) is 0 Å². The van der Waals surface area contributed by atoms with Crippen molar-refractivity contribution in [1.82, 2.24) is 0 Å². The van der Waals surface area contributed by atoms with E-state index in [-0.39, 0.29) is 6.04 Å². The first kappa shape index (κ1) is 5.08. The largest absolute Gasteiger partial charge is 0.476 e. The molecule has 0 nitrogen and oxygen atoms in total. The fourth-order valence-electron chi connectivity index (χ4n) is 0. The van der Waals surface area contributed by atoms with Gasteiger partial charge in [-0.1, -0.05) is 6.92 Å². The second-order valence-electron chi connectivity index (χ2n) is 0.692. The van der Waals surface area contributed by atoms with Crippen LogP contribution in [0.25, 0.3) is 0 Å². The summed E-state index contributed by atoms with van der Waals surface area (Å²) in [5.41, 5.74) is 0. The predicted octanol–water partition coefficient (Wildman–Crippen LogP) is 1.43. The normalized spacial score (nSPS) is 9.60. The number of hydrogen-bond donors (Lipinski definition) is 0. The summed E-state index contributed by atoms with van der Waals surface area (Å²) in [6, 6.07) is 0.0741. The second kappa shape index (κ2) is 2.32. The van der Waals surface area contributed by atoms with Gasteiger partial charge in [-0.25, -0.2) is 0 Å². The maximum Gasteiger partial charge on any atom is 0.476 e. The van der Waals surface area contributed by atoms with E-state index in [4.69, 9.17) is 0 Å². The summed E-state index contributed by atoms with van der Waals surface area (Å²) in [5, 5.41) is 0. The summed E-state index contributed by atoms with van der Waals surface area (Å²) in [6.07, 6.45) is 0. The van der Waals surface area contributed by atoms with Gasteiger partial charge in [0.25, 0.3) is 0 Å². The Morgan fingerprint density at radius 3 is 1.80 bits per heavy atom. The standard InChI is InChI=1S/C2H5F2Si/c1-2-5(3)4/h2H2,1H3. The Morgan fingerprint density at radius 2 is 1.80 bits per heavy atom. The highest BCUT2D eigenvalue weighted by atomic mass is 28.4. The molecule has 0 aromatic heterocycles. The van der Waals surface area contributed by atoms with E-state index in [0.717, 1.165) is 0 Å². The molecule has 0 saturated carbocycles. The van der Waals surface area contributed by atoms with Crippen molar-refractivity contribution in [3.8, 4) is 0 Å². The van der Waals surface area contributed by atoms with Crippen molar-refractivity contribution >= 4 is 9.46 Å². The van der Waals surface area contributed by atoms with Gasteiger partial charge in [0.2, 0.25) is 0 Å². The van der Waals surface area contributed by atoms with Gasteiger partial charge >= 0.3 is 9.46 Å². The summed E-state index contributed by atoms with van der Waals surface area (Å²) >= 11 is 0. The molecule has 0 atom stereocenters. The molecule has 0 aliphatic heterocycles. The van der Waals surface area contributed by atoms with Crippen molar-refractivity contribution in [3.05, 3.63) is 0 Å². The molecule has 5 heavy (non-hydrogen) atoms. The first-order valence-electron chi connectivity index (χ1n) is 1.44. The van der Waals surface area contributed by atoms with Crippen LogP contribution in [0.1, 0.15) is 6.92 Å². The van der Waals surface area contributed by atoms with E-state index < -0.39 is 9.46 Å². The van der Waals surface area contributed by atoms with E-state index in [1.165, 1.54) is 6.92 Å². The summed E-state index contributed by atoms with van der Waals surface area (Å²) in [7, 11) is -2.87. The third-order valence-corrected chi connectivity index (χ3v) is 0.802. The molecule has 0 unspecified atom stereocenters. The molecule has 0 saturated heterocycles. The first-order chi connectivity index (χ1) is 2.27. The summed E-state index contributed by atoms with van der Waals surface area (Å²) in [4.78, 5) is 0. The van der Waals surface area contributed by atoms with Crippen molar-refractivity contribution in [2.45, 2.75) is 13.0 Å². The number of rotatable bonds is 1. The van der Waals surface area contributed by atoms with Crippen molar-refractivity contribution in [2.75, 3.05) is 0 Å². The Hall–Kier alpha value is 0.0769. The third-order valence-electron chi connectivity index (χ3n) is 0.267. The molecule has 1 radical (unpaired) electrons. The van der Waals surface area contributed by atoms with Crippen LogP contribution in [0.4, 0.5) is 8.22 Å². The molecule has 0 aliphatic carbocycles. The lowest BCUT2D eigenvalue weighted by Crippen LogP contribution is -1.88. The molecule has 31 valence electrons. The summed E-state index contributed by atoms with van der Waals surface area (Å²) in [5.74, 6) is 0. The van der Waals surface area contributed by atoms with E-state index in [0.29, 0.717) is 0 Å². The van der Waals surface area contributed by atoms with Crippen LogP contribution in [0.2, 0.25) is 6.04 Å². The van der Waals surface area contributed by atoms with Gasteiger partial charge in [-0.15, -0.1) is 0 Å². The molecule has 0 heterocycles. The molecule has 0 fully saturated rings. The van der Waals surface area contributed by atoms with Gasteiger partial charge < -0.3 is 0 Å². The summed E-state index contributed by atoms with van der Waals surface area (Å²) in [6.45, 7) is 1.49. The van der Waals surface area contributed by atoms with Gasteiger partial charge in [-0.2, -0.15) is 0 Å². The average molecular weight is 95.1 g/mol. The maximum absolute atomic E-state index is 10.9. The first-order valence-corrected chi connectivity index (χ1v) is 2.90. The fourth-order valence-corrected chi connectivity index (χ4v) is 0. The van der Waals surface area contributed by atoms with Crippen LogP contribution in [0, 0.1) is 0 Å². The fraction of sp³-hybridized carbons (Fsp3) is 1.00. The van der Waals surface area contributed by atoms with Crippen LogP contribution < -0.4 is 0 Å². The highest BCUT2D eigenvalue weighted by molar-refractivity contribution is 6.42. The Kier molecular flexibility index (Phi) is 2.36. The van der Waals surface area contributed by atoms with E-state index in [1.807, 2.05) is 0 Å². The Bertz CT molecular complexity index is 21.6. The quantitative estimate of drug-likeness (QED) is 0.341. The van der Waals surface area contributed by atoms with E-state index >= 15 is 0 Å². The van der Waals surface area contributed by atoms with Gasteiger partial charge in [0.05, 0.1) is 0 Å². The van der Waals surface area contributed by atoms with Crippen LogP contribution in [-0.2, 0) is 0 Å². The molecule has 0 aromatic rings. The smallest absolute Gasteiger partial charge is 0.268 e. The molecular weight excluding hydrogens is 90.1 g/mol. The highest BCUT2D eigenvalue weighted by Gasteiger charge is 2.01. The zero-order valence-electron chi connectivity index (χ0n) is 2.96. The minimum absolute atomic E-state index is 0.0741. The van der Waals surface area contributed by atoms with Gasteiger partial charge in [0.15, 0.2) is 0 Å². The molecular formula is C2H5F2Si. The average Bonchev–Trinajstić information content (AvgIpc) is 1.38. The highest BCUT2D eigenvalue weighted by Crippen LogP contribution is 1.89. The topological polar surface area (TPSA) is 0 Å². The Morgan fingerprint density at radius 1 is 1.60 bits per heavy atom. The molecule has 0 aromatic carbocycles. The van der Waals surface area contributed by atoms with Gasteiger partial charge in [-0.3, -0.25) is 8.22 Å². The molecule has 0 spiro atoms. The van der Waals surface area contributed by atoms with Crippen molar-refractivity contribution < 1.29 is 8.22 Å². The Labute approximate surface area is 31.8 Å². The lowest BCUT2D eigenvalue weighted by atomic mass is 11.0. The number of halogens is 2. The lowest BCUT2D eigenvalue weighted by Gasteiger charge is -1.75. The molecule has 0 bridgehead atoms. The van der Waals surface area contributed by atoms with Gasteiger partial charge in [0.1, 0.15) is 0 Å². The van der Waals surface area contributed by atoms with E-state index in [2.05, 4.69) is 0 Å². The van der Waals surface area contributed by atoms with Crippen LogP contribution >= 0.6 is 0 Å². The van der Waals surface area contributed by atoms with Crippen molar-refractivity contribution in [1.29, 1.82) is 0 Å². The van der Waals surface area contributed by atoms with Crippen LogP contribution in [0.15, 0.2) is 0 Å². The van der Waals surface area contributed by atoms with Gasteiger partial charge in [-0.05, 0) is 6.04 Å². The minimum atomic E-state index is -2.87. The van der Waals surface area contributed by atoms with Crippen LogP contribution in [-0.4, -0.2) is 9.46 Å².